The molecule has 1 fully saturated rings. The van der Waals surface area contributed by atoms with Crippen LogP contribution in [0.5, 0.6) is 0 Å². The molecule has 2 unspecified atom stereocenters. The van der Waals surface area contributed by atoms with E-state index in [0.29, 0.717) is 11.8 Å². The van der Waals surface area contributed by atoms with Crippen LogP contribution in [0, 0.1) is 5.92 Å². The van der Waals surface area contributed by atoms with E-state index in [-0.39, 0.29) is 6.10 Å². The summed E-state index contributed by atoms with van der Waals surface area (Å²) in [5, 5.41) is 10.9. The van der Waals surface area contributed by atoms with Gasteiger partial charge in [0.25, 0.3) is 0 Å². The molecule has 1 heteroatoms. The third kappa shape index (κ3) is 2.86. The molecule has 2 atom stereocenters. The van der Waals surface area contributed by atoms with Crippen molar-refractivity contribution < 1.29 is 5.11 Å². The van der Waals surface area contributed by atoms with Gasteiger partial charge in [0.1, 0.15) is 0 Å². The molecule has 1 N–H and O–H groups in total. The summed E-state index contributed by atoms with van der Waals surface area (Å²) in [6.07, 6.45) is 11.3. The number of fused-ring (bicyclic) bond motifs is 1. The summed E-state index contributed by atoms with van der Waals surface area (Å²) < 4.78 is 0. The smallest absolute Gasteiger partial charge is 0.0636 e. The number of hydrogen-bond donors (Lipinski definition) is 1. The predicted molar refractivity (Wildman–Crippen MR) is 79.3 cm³/mol. The summed E-state index contributed by atoms with van der Waals surface area (Å²) in [5.74, 6) is 0.937. The third-order valence-corrected chi connectivity index (χ3v) is 5.21. The topological polar surface area (TPSA) is 20.2 Å². The van der Waals surface area contributed by atoms with E-state index in [0.717, 1.165) is 0 Å². The molecule has 0 radical (unpaired) electrons. The number of rotatable bonds is 2. The normalized spacial score (nSPS) is 26.5. The van der Waals surface area contributed by atoms with Crippen LogP contribution in [0.4, 0.5) is 0 Å². The van der Waals surface area contributed by atoms with E-state index in [1.165, 1.54) is 68.9 Å². The lowest BCUT2D eigenvalue weighted by Gasteiger charge is -2.33. The lowest BCUT2D eigenvalue weighted by molar-refractivity contribution is 0.0660. The highest BCUT2D eigenvalue weighted by atomic mass is 16.3. The van der Waals surface area contributed by atoms with E-state index in [4.69, 9.17) is 0 Å². The van der Waals surface area contributed by atoms with Crippen molar-refractivity contribution in [1.29, 1.82) is 0 Å². The highest BCUT2D eigenvalue weighted by molar-refractivity contribution is 5.33. The lowest BCUT2D eigenvalue weighted by Crippen LogP contribution is -2.30. The lowest BCUT2D eigenvalue weighted by atomic mass is 9.75. The zero-order valence-electron chi connectivity index (χ0n) is 11.9. The minimum absolute atomic E-state index is 0.112. The minimum atomic E-state index is -0.112. The fourth-order valence-electron chi connectivity index (χ4n) is 4.13. The van der Waals surface area contributed by atoms with E-state index in [9.17, 15) is 5.11 Å². The molecule has 2 aliphatic rings. The Morgan fingerprint density at radius 1 is 0.895 bits per heavy atom. The number of aryl methyl sites for hydroxylation is 1. The summed E-state index contributed by atoms with van der Waals surface area (Å²) in [5.41, 5.74) is 2.91. The van der Waals surface area contributed by atoms with Gasteiger partial charge in [0, 0.05) is 5.92 Å². The van der Waals surface area contributed by atoms with E-state index < -0.39 is 0 Å². The highest BCUT2D eigenvalue weighted by Gasteiger charge is 2.31. The molecular formula is C18H26O. The largest absolute Gasteiger partial charge is 0.392 e. The van der Waals surface area contributed by atoms with Gasteiger partial charge < -0.3 is 5.11 Å². The van der Waals surface area contributed by atoms with Gasteiger partial charge in [0.15, 0.2) is 0 Å². The summed E-state index contributed by atoms with van der Waals surface area (Å²) in [4.78, 5) is 0. The van der Waals surface area contributed by atoms with Gasteiger partial charge in [-0.3, -0.25) is 0 Å². The molecule has 1 nitrogen and oxygen atoms in total. The average Bonchev–Trinajstić information content (AvgIpc) is 2.75. The second-order valence-corrected chi connectivity index (χ2v) is 6.44. The van der Waals surface area contributed by atoms with E-state index >= 15 is 0 Å². The van der Waals surface area contributed by atoms with Crippen molar-refractivity contribution in [2.75, 3.05) is 0 Å². The Hall–Kier alpha value is -0.820. The molecule has 2 aliphatic carbocycles. The standard InChI is InChI=1S/C18H26O/c19-18(15-9-3-1-2-4-10-15)17-13-7-11-14-8-5-6-12-16(14)17/h5-6,8,12,15,17-19H,1-4,7,9-11,13H2. The van der Waals surface area contributed by atoms with Crippen LogP contribution < -0.4 is 0 Å². The third-order valence-electron chi connectivity index (χ3n) is 5.21. The Bertz CT molecular complexity index is 404. The first kappa shape index (κ1) is 13.2. The molecule has 3 rings (SSSR count). The first-order valence-corrected chi connectivity index (χ1v) is 8.12. The van der Waals surface area contributed by atoms with Gasteiger partial charge in [-0.1, -0.05) is 49.9 Å². The maximum Gasteiger partial charge on any atom is 0.0636 e. The number of benzene rings is 1. The number of aliphatic hydroxyl groups is 1. The highest BCUT2D eigenvalue weighted by Crippen LogP contribution is 2.39. The maximum absolute atomic E-state index is 10.9. The fourth-order valence-corrected chi connectivity index (χ4v) is 4.13. The predicted octanol–water partition coefficient (Wildman–Crippen LogP) is 4.44. The van der Waals surface area contributed by atoms with E-state index in [2.05, 4.69) is 24.3 Å². The van der Waals surface area contributed by atoms with Crippen LogP contribution >= 0.6 is 0 Å². The van der Waals surface area contributed by atoms with Crippen molar-refractivity contribution in [3.05, 3.63) is 35.4 Å². The molecule has 104 valence electrons. The van der Waals surface area contributed by atoms with Gasteiger partial charge in [0.2, 0.25) is 0 Å². The van der Waals surface area contributed by atoms with Crippen molar-refractivity contribution >= 4 is 0 Å². The van der Waals surface area contributed by atoms with Gasteiger partial charge >= 0.3 is 0 Å². The van der Waals surface area contributed by atoms with Crippen molar-refractivity contribution in [3.8, 4) is 0 Å². The second kappa shape index (κ2) is 6.09. The monoisotopic (exact) mass is 258 g/mol. The fraction of sp³-hybridized carbons (Fsp3) is 0.667. The molecule has 19 heavy (non-hydrogen) atoms. The SMILES string of the molecule is OC(C1CCCCCC1)C1CCCc2ccccc21. The van der Waals surface area contributed by atoms with Crippen LogP contribution in [0.3, 0.4) is 0 Å². The second-order valence-electron chi connectivity index (χ2n) is 6.44. The average molecular weight is 258 g/mol. The van der Waals surface area contributed by atoms with Gasteiger partial charge in [-0.25, -0.2) is 0 Å². The summed E-state index contributed by atoms with van der Waals surface area (Å²) in [7, 11) is 0. The van der Waals surface area contributed by atoms with Crippen LogP contribution in [0.25, 0.3) is 0 Å². The Morgan fingerprint density at radius 2 is 1.63 bits per heavy atom. The molecule has 0 bridgehead atoms. The molecule has 1 aromatic carbocycles. The van der Waals surface area contributed by atoms with Crippen LogP contribution in [0.15, 0.2) is 24.3 Å². The molecule has 0 saturated heterocycles. The van der Waals surface area contributed by atoms with Crippen LogP contribution in [0.1, 0.15) is 68.4 Å². The summed E-state index contributed by atoms with van der Waals surface area (Å²) in [6.45, 7) is 0. The van der Waals surface area contributed by atoms with Crippen molar-refractivity contribution in [3.63, 3.8) is 0 Å². The maximum atomic E-state index is 10.9. The number of hydrogen-bond acceptors (Lipinski definition) is 1. The molecule has 1 saturated carbocycles. The van der Waals surface area contributed by atoms with E-state index in [1.54, 1.807) is 0 Å². The van der Waals surface area contributed by atoms with E-state index in [1.807, 2.05) is 0 Å². The Morgan fingerprint density at radius 3 is 2.42 bits per heavy atom. The molecule has 0 aromatic heterocycles. The first-order chi connectivity index (χ1) is 9.36. The Labute approximate surface area is 117 Å². The van der Waals surface area contributed by atoms with Crippen LogP contribution in [-0.2, 0) is 6.42 Å². The van der Waals surface area contributed by atoms with Crippen molar-refractivity contribution in [2.45, 2.75) is 69.8 Å². The van der Waals surface area contributed by atoms with Crippen LogP contribution in [-0.4, -0.2) is 11.2 Å². The molecular weight excluding hydrogens is 232 g/mol. The minimum Gasteiger partial charge on any atom is -0.392 e. The Balaban J connectivity index is 1.78. The molecule has 0 amide bonds. The van der Waals surface area contributed by atoms with Gasteiger partial charge in [-0.2, -0.15) is 0 Å². The van der Waals surface area contributed by atoms with Gasteiger partial charge in [-0.05, 0) is 49.1 Å². The van der Waals surface area contributed by atoms with Gasteiger partial charge in [-0.15, -0.1) is 0 Å². The molecule has 0 heterocycles. The van der Waals surface area contributed by atoms with Crippen molar-refractivity contribution in [1.82, 2.24) is 0 Å². The van der Waals surface area contributed by atoms with Crippen molar-refractivity contribution in [2.24, 2.45) is 5.92 Å². The molecule has 0 aliphatic heterocycles. The zero-order chi connectivity index (χ0) is 13.1. The quantitative estimate of drug-likeness (QED) is 0.778. The molecule has 0 spiro atoms. The Kier molecular flexibility index (Phi) is 4.22. The number of aliphatic hydroxyl groups excluding tert-OH is 1. The first-order valence-electron chi connectivity index (χ1n) is 8.12. The van der Waals surface area contributed by atoms with Crippen LogP contribution in [0.2, 0.25) is 0 Å². The zero-order valence-corrected chi connectivity index (χ0v) is 11.9. The summed E-state index contributed by atoms with van der Waals surface area (Å²) in [6, 6.07) is 8.77. The summed E-state index contributed by atoms with van der Waals surface area (Å²) >= 11 is 0. The molecule has 1 aromatic rings. The van der Waals surface area contributed by atoms with Gasteiger partial charge in [0.05, 0.1) is 6.10 Å².